The molecule has 1 saturated carbocycles. The van der Waals surface area contributed by atoms with Crippen LogP contribution in [0.4, 0.5) is 0 Å². The second-order valence-electron chi connectivity index (χ2n) is 6.11. The van der Waals surface area contributed by atoms with Crippen LogP contribution in [0.2, 0.25) is 0 Å². The molecule has 0 radical (unpaired) electrons. The van der Waals surface area contributed by atoms with Crippen molar-refractivity contribution in [1.82, 2.24) is 9.80 Å². The van der Waals surface area contributed by atoms with Gasteiger partial charge in [0.1, 0.15) is 0 Å². The number of piperidine rings is 1. The summed E-state index contributed by atoms with van der Waals surface area (Å²) in [6.45, 7) is 7.22. The van der Waals surface area contributed by atoms with Crippen LogP contribution in [-0.2, 0) is 0 Å². The predicted molar refractivity (Wildman–Crippen MR) is 73.2 cm³/mol. The molecule has 0 amide bonds. The summed E-state index contributed by atoms with van der Waals surface area (Å²) in [6, 6.07) is 0.793. The second-order valence-corrected chi connectivity index (χ2v) is 6.11. The van der Waals surface area contributed by atoms with Crippen molar-refractivity contribution in [3.05, 3.63) is 0 Å². The smallest absolute Gasteiger partial charge is 0.0166 e. The minimum absolute atomic E-state index is 0.193. The number of rotatable bonds is 5. The molecule has 3 heteroatoms. The highest BCUT2D eigenvalue weighted by Gasteiger charge is 2.32. The molecular formula is C14H29N3. The third-order valence-electron chi connectivity index (χ3n) is 4.94. The van der Waals surface area contributed by atoms with E-state index in [2.05, 4.69) is 23.8 Å². The first-order valence-electron chi connectivity index (χ1n) is 7.34. The Morgan fingerprint density at radius 1 is 1.29 bits per heavy atom. The maximum Gasteiger partial charge on any atom is 0.0166 e. The van der Waals surface area contributed by atoms with Gasteiger partial charge in [-0.15, -0.1) is 0 Å². The van der Waals surface area contributed by atoms with Gasteiger partial charge in [0.15, 0.2) is 0 Å². The lowest BCUT2D eigenvalue weighted by atomic mass is 9.75. The Kier molecular flexibility index (Phi) is 4.45. The standard InChI is InChI=1S/C14H29N3/c1-3-17-10-5-13(6-11-17)16(2)12-9-14(15)7-4-8-14/h13H,3-12,15H2,1-2H3. The van der Waals surface area contributed by atoms with E-state index in [-0.39, 0.29) is 5.54 Å². The molecule has 2 N–H and O–H groups in total. The molecule has 0 aromatic heterocycles. The van der Waals surface area contributed by atoms with Crippen LogP contribution in [0, 0.1) is 0 Å². The van der Waals surface area contributed by atoms with Crippen molar-refractivity contribution in [3.8, 4) is 0 Å². The van der Waals surface area contributed by atoms with Gasteiger partial charge in [-0.25, -0.2) is 0 Å². The summed E-state index contributed by atoms with van der Waals surface area (Å²) in [4.78, 5) is 5.11. The van der Waals surface area contributed by atoms with Gasteiger partial charge in [0.25, 0.3) is 0 Å². The molecule has 2 aliphatic rings. The van der Waals surface area contributed by atoms with Crippen LogP contribution < -0.4 is 5.73 Å². The molecule has 3 nitrogen and oxygen atoms in total. The quantitative estimate of drug-likeness (QED) is 0.792. The summed E-state index contributed by atoms with van der Waals surface area (Å²) < 4.78 is 0. The highest BCUT2D eigenvalue weighted by atomic mass is 15.2. The zero-order valence-corrected chi connectivity index (χ0v) is 11.6. The van der Waals surface area contributed by atoms with Crippen molar-refractivity contribution in [2.75, 3.05) is 33.2 Å². The number of hydrogen-bond donors (Lipinski definition) is 1. The molecule has 0 spiro atoms. The number of hydrogen-bond acceptors (Lipinski definition) is 3. The van der Waals surface area contributed by atoms with Crippen molar-refractivity contribution < 1.29 is 0 Å². The first-order chi connectivity index (χ1) is 8.13. The maximum absolute atomic E-state index is 6.29. The molecule has 1 heterocycles. The molecule has 0 unspecified atom stereocenters. The first-order valence-corrected chi connectivity index (χ1v) is 7.34. The van der Waals surface area contributed by atoms with Crippen LogP contribution in [0.3, 0.4) is 0 Å². The highest BCUT2D eigenvalue weighted by Crippen LogP contribution is 2.32. The van der Waals surface area contributed by atoms with Gasteiger partial charge in [0.05, 0.1) is 0 Å². The number of nitrogens with two attached hydrogens (primary N) is 1. The molecule has 0 atom stereocenters. The molecule has 1 aliphatic carbocycles. The van der Waals surface area contributed by atoms with E-state index in [0.717, 1.165) is 6.04 Å². The Balaban J connectivity index is 1.67. The lowest BCUT2D eigenvalue weighted by Gasteiger charge is -2.41. The van der Waals surface area contributed by atoms with E-state index in [0.29, 0.717) is 0 Å². The Hall–Kier alpha value is -0.120. The fraction of sp³-hybridized carbons (Fsp3) is 1.00. The minimum Gasteiger partial charge on any atom is -0.325 e. The monoisotopic (exact) mass is 239 g/mol. The predicted octanol–water partition coefficient (Wildman–Crippen LogP) is 1.67. The van der Waals surface area contributed by atoms with Crippen molar-refractivity contribution in [1.29, 1.82) is 0 Å². The molecular weight excluding hydrogens is 210 g/mol. The van der Waals surface area contributed by atoms with Gasteiger partial charge in [-0.1, -0.05) is 6.92 Å². The fourth-order valence-corrected chi connectivity index (χ4v) is 3.14. The van der Waals surface area contributed by atoms with Gasteiger partial charge in [-0.2, -0.15) is 0 Å². The van der Waals surface area contributed by atoms with E-state index in [4.69, 9.17) is 5.73 Å². The SMILES string of the molecule is CCN1CCC(N(C)CCC2(N)CCC2)CC1. The molecule has 17 heavy (non-hydrogen) atoms. The third-order valence-corrected chi connectivity index (χ3v) is 4.94. The van der Waals surface area contributed by atoms with Crippen LogP contribution in [0.15, 0.2) is 0 Å². The zero-order chi connectivity index (χ0) is 12.3. The van der Waals surface area contributed by atoms with Gasteiger partial charge in [-0.3, -0.25) is 0 Å². The van der Waals surface area contributed by atoms with Crippen LogP contribution in [0.25, 0.3) is 0 Å². The van der Waals surface area contributed by atoms with Crippen LogP contribution >= 0.6 is 0 Å². The fourth-order valence-electron chi connectivity index (χ4n) is 3.14. The van der Waals surface area contributed by atoms with Gasteiger partial charge < -0.3 is 15.5 Å². The van der Waals surface area contributed by atoms with E-state index in [9.17, 15) is 0 Å². The van der Waals surface area contributed by atoms with Crippen molar-refractivity contribution in [3.63, 3.8) is 0 Å². The van der Waals surface area contributed by atoms with E-state index < -0.39 is 0 Å². The van der Waals surface area contributed by atoms with Crippen molar-refractivity contribution in [2.45, 2.75) is 57.0 Å². The topological polar surface area (TPSA) is 32.5 Å². The second kappa shape index (κ2) is 5.68. The Morgan fingerprint density at radius 2 is 1.94 bits per heavy atom. The summed E-state index contributed by atoms with van der Waals surface area (Å²) in [5.74, 6) is 0. The zero-order valence-electron chi connectivity index (χ0n) is 11.6. The molecule has 2 rings (SSSR count). The van der Waals surface area contributed by atoms with Gasteiger partial charge in [-0.05, 0) is 71.8 Å². The normalized spacial score (nSPS) is 26.1. The summed E-state index contributed by atoms with van der Waals surface area (Å²) in [5, 5.41) is 0. The van der Waals surface area contributed by atoms with E-state index in [1.807, 2.05) is 0 Å². The van der Waals surface area contributed by atoms with Crippen molar-refractivity contribution >= 4 is 0 Å². The molecule has 1 saturated heterocycles. The molecule has 1 aliphatic heterocycles. The molecule has 0 aromatic rings. The molecule has 100 valence electrons. The highest BCUT2D eigenvalue weighted by molar-refractivity contribution is 4.93. The summed E-state index contributed by atoms with van der Waals surface area (Å²) in [5.41, 5.74) is 6.48. The van der Waals surface area contributed by atoms with Crippen LogP contribution in [0.5, 0.6) is 0 Å². The Bertz CT molecular complexity index is 230. The Morgan fingerprint density at radius 3 is 2.41 bits per heavy atom. The van der Waals surface area contributed by atoms with Crippen LogP contribution in [-0.4, -0.2) is 54.6 Å². The van der Waals surface area contributed by atoms with E-state index >= 15 is 0 Å². The maximum atomic E-state index is 6.29. The molecule has 0 aromatic carbocycles. The number of likely N-dealkylation sites (tertiary alicyclic amines) is 1. The average molecular weight is 239 g/mol. The third kappa shape index (κ3) is 3.43. The first kappa shape index (κ1) is 13.3. The van der Waals surface area contributed by atoms with Gasteiger partial charge >= 0.3 is 0 Å². The van der Waals surface area contributed by atoms with E-state index in [1.165, 1.54) is 64.7 Å². The minimum atomic E-state index is 0.193. The summed E-state index contributed by atoms with van der Waals surface area (Å²) >= 11 is 0. The molecule has 0 bridgehead atoms. The lowest BCUT2D eigenvalue weighted by molar-refractivity contribution is 0.114. The lowest BCUT2D eigenvalue weighted by Crippen LogP contribution is -2.50. The van der Waals surface area contributed by atoms with E-state index in [1.54, 1.807) is 0 Å². The van der Waals surface area contributed by atoms with Gasteiger partial charge in [0, 0.05) is 11.6 Å². The van der Waals surface area contributed by atoms with Gasteiger partial charge in [0.2, 0.25) is 0 Å². The number of nitrogens with zero attached hydrogens (tertiary/aromatic N) is 2. The Labute approximate surface area is 106 Å². The van der Waals surface area contributed by atoms with Crippen molar-refractivity contribution in [2.24, 2.45) is 5.73 Å². The molecule has 2 fully saturated rings. The van der Waals surface area contributed by atoms with Crippen LogP contribution in [0.1, 0.15) is 45.4 Å². The average Bonchev–Trinajstić information content (AvgIpc) is 2.33. The summed E-state index contributed by atoms with van der Waals surface area (Å²) in [7, 11) is 2.29. The summed E-state index contributed by atoms with van der Waals surface area (Å²) in [6.07, 6.45) is 7.70. The largest absolute Gasteiger partial charge is 0.325 e.